The molecule has 0 spiro atoms. The second kappa shape index (κ2) is 2.65. The number of carbonyl (C=O) groups excluding carboxylic acids is 1. The minimum absolute atomic E-state index is 0.270. The van der Waals surface area contributed by atoms with Crippen molar-refractivity contribution in [2.24, 2.45) is 22.9 Å². The van der Waals surface area contributed by atoms with Gasteiger partial charge in [0.25, 0.3) is 0 Å². The van der Waals surface area contributed by atoms with Gasteiger partial charge in [-0.15, -0.1) is 0 Å². The molecule has 0 aliphatic heterocycles. The molecule has 0 atom stereocenters. The average molecular weight is 132 g/mol. The molecule has 0 radical (unpaired) electrons. The van der Waals surface area contributed by atoms with Crippen LogP contribution in [-0.4, -0.2) is 6.09 Å². The second-order valence-corrected chi connectivity index (χ2v) is 1.24. The van der Waals surface area contributed by atoms with E-state index in [4.69, 9.17) is 17.2 Å². The molecule has 1 amide bonds. The summed E-state index contributed by atoms with van der Waals surface area (Å²) >= 11 is 0. The average Bonchev–Trinajstić information content (AvgIpc) is 1.63. The quantitative estimate of drug-likeness (QED) is 0.309. The van der Waals surface area contributed by atoms with E-state index in [1.54, 1.807) is 0 Å². The molecule has 0 aromatic rings. The summed E-state index contributed by atoms with van der Waals surface area (Å²) in [6.45, 7) is 0. The zero-order chi connectivity index (χ0) is 7.44. The Morgan fingerprint density at radius 1 is 1.11 bits per heavy atom. The first-order valence-electron chi connectivity index (χ1n) is 2.02. The van der Waals surface area contributed by atoms with E-state index in [2.05, 4.69) is 10.5 Å². The van der Waals surface area contributed by atoms with Crippen molar-refractivity contribution in [3.63, 3.8) is 0 Å². The fourth-order valence-corrected chi connectivity index (χ4v) is 0.167. The largest absolute Gasteiger partial charge is 0.411 e. The van der Waals surface area contributed by atoms with E-state index in [0.29, 0.717) is 0 Å². The number of carbonyl (C=O) groups is 1. The third-order valence-corrected chi connectivity index (χ3v) is 0.495. The van der Waals surface area contributed by atoms with Crippen molar-refractivity contribution in [3.8, 4) is 0 Å². The monoisotopic (exact) mass is 132 g/mol. The van der Waals surface area contributed by atoms with Crippen LogP contribution >= 0.6 is 0 Å². The predicted molar refractivity (Wildman–Crippen MR) is 30.3 cm³/mol. The van der Waals surface area contributed by atoms with Crippen LogP contribution in [0, 0.1) is 0 Å². The van der Waals surface area contributed by atoms with Crippen LogP contribution in [0.15, 0.2) is 11.7 Å². The van der Waals surface area contributed by atoms with Gasteiger partial charge in [-0.3, -0.25) is 0 Å². The van der Waals surface area contributed by atoms with Crippen LogP contribution in [0.4, 0.5) is 4.79 Å². The van der Waals surface area contributed by atoms with Crippen molar-refractivity contribution in [3.05, 3.63) is 11.7 Å². The van der Waals surface area contributed by atoms with Gasteiger partial charge >= 0.3 is 6.09 Å². The van der Waals surface area contributed by atoms with Gasteiger partial charge in [-0.25, -0.2) is 4.79 Å². The Bertz CT molecular complexity index is 148. The van der Waals surface area contributed by atoms with Gasteiger partial charge in [0.05, 0.1) is 0 Å². The zero-order valence-corrected chi connectivity index (χ0v) is 4.63. The summed E-state index contributed by atoms with van der Waals surface area (Å²) in [5, 5.41) is 0. The topological polar surface area (TPSA) is 130 Å². The molecule has 0 aliphatic carbocycles. The minimum atomic E-state index is -1.04. The van der Waals surface area contributed by atoms with Gasteiger partial charge in [-0.2, -0.15) is 0 Å². The molecule has 6 nitrogen and oxygen atoms in total. The molecule has 8 N–H and O–H groups in total. The summed E-state index contributed by atoms with van der Waals surface area (Å²) in [6.07, 6.45) is -1.04. The maximum Gasteiger partial charge on any atom is 0.411 e. The van der Waals surface area contributed by atoms with Crippen LogP contribution in [0.25, 0.3) is 0 Å². The number of hydrogen-bond donors (Lipinski definition) is 4. The van der Waals surface area contributed by atoms with Gasteiger partial charge in [0.15, 0.2) is 5.82 Å². The molecule has 0 rings (SSSR count). The molecule has 0 fully saturated rings. The van der Waals surface area contributed by atoms with E-state index in [9.17, 15) is 4.79 Å². The van der Waals surface area contributed by atoms with Crippen molar-refractivity contribution in [1.82, 2.24) is 0 Å². The van der Waals surface area contributed by atoms with Gasteiger partial charge in [0.1, 0.15) is 0 Å². The lowest BCUT2D eigenvalue weighted by Gasteiger charge is -1.99. The second-order valence-electron chi connectivity index (χ2n) is 1.24. The van der Waals surface area contributed by atoms with Crippen LogP contribution in [-0.2, 0) is 4.74 Å². The van der Waals surface area contributed by atoms with Gasteiger partial charge in [-0.05, 0) is 0 Å². The standard InChI is InChI=1S/C3H8N4O2/c4-1(5)2(6)9-3(7)8/h4-6H2,(H2,7,8). The number of rotatable bonds is 1. The van der Waals surface area contributed by atoms with E-state index in [-0.39, 0.29) is 11.7 Å². The highest BCUT2D eigenvalue weighted by Gasteiger charge is 1.98. The van der Waals surface area contributed by atoms with Crippen molar-refractivity contribution in [1.29, 1.82) is 0 Å². The molecule has 0 aliphatic rings. The summed E-state index contributed by atoms with van der Waals surface area (Å²) in [6, 6.07) is 0. The Kier molecular flexibility index (Phi) is 2.18. The zero-order valence-electron chi connectivity index (χ0n) is 4.63. The predicted octanol–water partition coefficient (Wildman–Crippen LogP) is -1.92. The van der Waals surface area contributed by atoms with Crippen LogP contribution in [0.3, 0.4) is 0 Å². The van der Waals surface area contributed by atoms with E-state index in [1.165, 1.54) is 0 Å². The molecule has 6 heteroatoms. The van der Waals surface area contributed by atoms with E-state index < -0.39 is 6.09 Å². The number of amides is 1. The first-order valence-corrected chi connectivity index (χ1v) is 2.02. The fourth-order valence-electron chi connectivity index (χ4n) is 0.167. The smallest absolute Gasteiger partial charge is 0.390 e. The highest BCUT2D eigenvalue weighted by molar-refractivity contribution is 5.65. The first kappa shape index (κ1) is 7.41. The van der Waals surface area contributed by atoms with E-state index in [1.807, 2.05) is 0 Å². The first-order chi connectivity index (χ1) is 4.04. The van der Waals surface area contributed by atoms with Gasteiger partial charge in [-0.1, -0.05) is 0 Å². The molecule has 0 saturated heterocycles. The Hall–Kier alpha value is -1.59. The third kappa shape index (κ3) is 3.03. The summed E-state index contributed by atoms with van der Waals surface area (Å²) in [5.74, 6) is -0.642. The molecule has 0 unspecified atom stereocenters. The molecule has 0 bridgehead atoms. The third-order valence-electron chi connectivity index (χ3n) is 0.495. The van der Waals surface area contributed by atoms with E-state index >= 15 is 0 Å². The van der Waals surface area contributed by atoms with Crippen molar-refractivity contribution in [2.75, 3.05) is 0 Å². The van der Waals surface area contributed by atoms with Crippen molar-refractivity contribution >= 4 is 6.09 Å². The highest BCUT2D eigenvalue weighted by Crippen LogP contribution is 1.85. The number of ether oxygens (including phenoxy) is 1. The van der Waals surface area contributed by atoms with Gasteiger partial charge < -0.3 is 27.7 Å². The Labute approximate surface area is 51.4 Å². The molecular formula is C3H8N4O2. The maximum absolute atomic E-state index is 9.89. The highest BCUT2D eigenvalue weighted by atomic mass is 16.6. The SMILES string of the molecule is NC(=O)OC(N)=C(N)N. The summed E-state index contributed by atoms with van der Waals surface area (Å²) in [7, 11) is 0. The molecule has 52 valence electrons. The molecule has 0 saturated carbocycles. The normalized spacial score (nSPS) is 8.00. The van der Waals surface area contributed by atoms with Gasteiger partial charge in [0, 0.05) is 0 Å². The summed E-state index contributed by atoms with van der Waals surface area (Å²) in [4.78, 5) is 9.89. The fraction of sp³-hybridized carbons (Fsp3) is 0. The lowest BCUT2D eigenvalue weighted by atomic mass is 10.7. The molecule has 0 aromatic heterocycles. The number of nitrogens with two attached hydrogens (primary N) is 4. The van der Waals surface area contributed by atoms with Crippen LogP contribution < -0.4 is 22.9 Å². The van der Waals surface area contributed by atoms with Crippen LogP contribution in [0.5, 0.6) is 0 Å². The van der Waals surface area contributed by atoms with Crippen molar-refractivity contribution in [2.45, 2.75) is 0 Å². The van der Waals surface area contributed by atoms with Crippen LogP contribution in [0.1, 0.15) is 0 Å². The molecule has 0 aromatic carbocycles. The lowest BCUT2D eigenvalue weighted by Crippen LogP contribution is -2.23. The Balaban J connectivity index is 3.92. The molecular weight excluding hydrogens is 124 g/mol. The maximum atomic E-state index is 9.89. The molecule has 9 heavy (non-hydrogen) atoms. The Morgan fingerprint density at radius 3 is 1.67 bits per heavy atom. The number of primary amides is 1. The number of hydrogen-bond acceptors (Lipinski definition) is 5. The van der Waals surface area contributed by atoms with Crippen LogP contribution in [0.2, 0.25) is 0 Å². The lowest BCUT2D eigenvalue weighted by molar-refractivity contribution is 0.184. The van der Waals surface area contributed by atoms with E-state index in [0.717, 1.165) is 0 Å². The van der Waals surface area contributed by atoms with Crippen molar-refractivity contribution < 1.29 is 9.53 Å². The minimum Gasteiger partial charge on any atom is -0.390 e. The summed E-state index contributed by atoms with van der Waals surface area (Å²) < 4.78 is 4.06. The summed E-state index contributed by atoms with van der Waals surface area (Å²) in [5.41, 5.74) is 19.2. The Morgan fingerprint density at radius 2 is 1.56 bits per heavy atom. The van der Waals surface area contributed by atoms with Gasteiger partial charge in [0.2, 0.25) is 5.88 Å². The molecule has 0 heterocycles.